The predicted molar refractivity (Wildman–Crippen MR) is 111 cm³/mol. The molecule has 0 radical (unpaired) electrons. The topological polar surface area (TPSA) is 30.7 Å². The molecule has 136 valence electrons. The van der Waals surface area contributed by atoms with E-state index < -0.39 is 0 Å². The number of fused-ring (bicyclic) bond motifs is 3. The summed E-state index contributed by atoms with van der Waals surface area (Å²) in [6.07, 6.45) is 1.73. The number of hydrogen-bond donors (Lipinski definition) is 0. The van der Waals surface area contributed by atoms with Gasteiger partial charge in [0.15, 0.2) is 0 Å². The molecule has 2 heterocycles. The van der Waals surface area contributed by atoms with Gasteiger partial charge in [-0.2, -0.15) is 5.10 Å². The Bertz CT molecular complexity index is 1320. The lowest BCUT2D eigenvalue weighted by atomic mass is 10.1. The largest absolute Gasteiger partial charge is 0.252 e. The summed E-state index contributed by atoms with van der Waals surface area (Å²) in [6, 6.07) is 21.5. The maximum absolute atomic E-state index is 14.4. The summed E-state index contributed by atoms with van der Waals surface area (Å²) >= 11 is 0. The first-order valence-corrected chi connectivity index (χ1v) is 9.22. The molecule has 0 aliphatic carbocycles. The molecule has 4 heteroatoms. The van der Waals surface area contributed by atoms with Gasteiger partial charge in [0.05, 0.1) is 11.2 Å². The van der Waals surface area contributed by atoms with Gasteiger partial charge in [0.1, 0.15) is 17.0 Å². The Hall–Kier alpha value is -3.53. The van der Waals surface area contributed by atoms with Crippen LogP contribution in [-0.2, 0) is 0 Å². The fourth-order valence-electron chi connectivity index (χ4n) is 3.58. The van der Waals surface area contributed by atoms with Crippen molar-refractivity contribution in [2.24, 2.45) is 0 Å². The van der Waals surface area contributed by atoms with Crippen molar-refractivity contribution < 1.29 is 4.39 Å². The Kier molecular flexibility index (Phi) is 3.72. The first kappa shape index (κ1) is 16.6. The minimum absolute atomic E-state index is 0.326. The van der Waals surface area contributed by atoms with Gasteiger partial charge in [-0.15, -0.1) is 0 Å². The number of pyridine rings is 1. The van der Waals surface area contributed by atoms with E-state index in [2.05, 4.69) is 55.2 Å². The Morgan fingerprint density at radius 2 is 1.46 bits per heavy atom. The summed E-state index contributed by atoms with van der Waals surface area (Å²) in [6.45, 7) is 4.11. The summed E-state index contributed by atoms with van der Waals surface area (Å²) in [5, 5.41) is 6.58. The van der Waals surface area contributed by atoms with Crippen LogP contribution in [0.5, 0.6) is 0 Å². The van der Waals surface area contributed by atoms with E-state index >= 15 is 0 Å². The maximum Gasteiger partial charge on any atom is 0.149 e. The molecule has 0 aliphatic rings. The summed E-state index contributed by atoms with van der Waals surface area (Å²) in [5.41, 5.74) is 6.38. The molecule has 0 aliphatic heterocycles. The summed E-state index contributed by atoms with van der Waals surface area (Å²) in [7, 11) is 0. The predicted octanol–water partition coefficient (Wildman–Crippen LogP) is 6.00. The molecule has 0 saturated heterocycles. The monoisotopic (exact) mass is 367 g/mol. The zero-order chi connectivity index (χ0) is 19.3. The van der Waals surface area contributed by atoms with Gasteiger partial charge in [-0.25, -0.2) is 9.07 Å². The number of para-hydroxylation sites is 1. The normalized spacial score (nSPS) is 11.4. The van der Waals surface area contributed by atoms with E-state index in [1.165, 1.54) is 17.2 Å². The molecule has 0 unspecified atom stereocenters. The number of aromatic nitrogens is 3. The Morgan fingerprint density at radius 1 is 0.786 bits per heavy atom. The van der Waals surface area contributed by atoms with E-state index in [0.29, 0.717) is 5.52 Å². The summed E-state index contributed by atoms with van der Waals surface area (Å²) < 4.78 is 16.3. The molecule has 0 N–H and O–H groups in total. The van der Waals surface area contributed by atoms with Gasteiger partial charge in [0.2, 0.25) is 0 Å². The second-order valence-corrected chi connectivity index (χ2v) is 7.12. The molecule has 0 spiro atoms. The van der Waals surface area contributed by atoms with Crippen molar-refractivity contribution >= 4 is 21.8 Å². The standard InChI is InChI=1S/C24H18FN3/c1-15-6-10-17(11-7-15)22-20-14-26-23-19(4-3-5-21(23)25)24(20)28(27-22)18-12-8-16(2)9-13-18/h3-14H,1-2H3. The van der Waals surface area contributed by atoms with Crippen LogP contribution in [0.2, 0.25) is 0 Å². The van der Waals surface area contributed by atoms with E-state index in [1.807, 2.05) is 22.9 Å². The minimum atomic E-state index is -0.326. The highest BCUT2D eigenvalue weighted by Gasteiger charge is 2.18. The smallest absolute Gasteiger partial charge is 0.149 e. The number of hydrogen-bond acceptors (Lipinski definition) is 2. The lowest BCUT2D eigenvalue weighted by molar-refractivity contribution is 0.637. The SMILES string of the molecule is Cc1ccc(-c2nn(-c3ccc(C)cc3)c3c2cnc2c(F)cccc23)cc1. The molecule has 5 rings (SSSR count). The highest BCUT2D eigenvalue weighted by Crippen LogP contribution is 2.34. The number of halogens is 1. The quantitative estimate of drug-likeness (QED) is 0.383. The third kappa shape index (κ3) is 2.57. The van der Waals surface area contributed by atoms with E-state index in [0.717, 1.165) is 33.2 Å². The van der Waals surface area contributed by atoms with Crippen molar-refractivity contribution in [3.63, 3.8) is 0 Å². The molecule has 3 aromatic carbocycles. The van der Waals surface area contributed by atoms with Crippen LogP contribution in [0.15, 0.2) is 72.9 Å². The van der Waals surface area contributed by atoms with Gasteiger partial charge in [0, 0.05) is 22.5 Å². The second kappa shape index (κ2) is 6.27. The summed E-state index contributed by atoms with van der Waals surface area (Å²) in [4.78, 5) is 4.41. The van der Waals surface area contributed by atoms with E-state index in [-0.39, 0.29) is 5.82 Å². The van der Waals surface area contributed by atoms with Crippen molar-refractivity contribution in [2.75, 3.05) is 0 Å². The number of nitrogens with zero attached hydrogens (tertiary/aromatic N) is 3. The first-order chi connectivity index (χ1) is 13.6. The molecule has 0 amide bonds. The Morgan fingerprint density at radius 3 is 2.18 bits per heavy atom. The van der Waals surface area contributed by atoms with Crippen molar-refractivity contribution in [1.82, 2.24) is 14.8 Å². The van der Waals surface area contributed by atoms with Gasteiger partial charge in [-0.3, -0.25) is 4.98 Å². The minimum Gasteiger partial charge on any atom is -0.252 e. The molecule has 0 fully saturated rings. The molecule has 0 atom stereocenters. The fraction of sp³-hybridized carbons (Fsp3) is 0.0833. The Balaban J connectivity index is 1.90. The van der Waals surface area contributed by atoms with Crippen LogP contribution >= 0.6 is 0 Å². The van der Waals surface area contributed by atoms with E-state index in [9.17, 15) is 4.39 Å². The lowest BCUT2D eigenvalue weighted by Crippen LogP contribution is -1.97. The van der Waals surface area contributed by atoms with Crippen molar-refractivity contribution in [3.8, 4) is 16.9 Å². The third-order valence-electron chi connectivity index (χ3n) is 5.09. The van der Waals surface area contributed by atoms with Crippen molar-refractivity contribution in [2.45, 2.75) is 13.8 Å². The zero-order valence-electron chi connectivity index (χ0n) is 15.6. The molecule has 5 aromatic rings. The van der Waals surface area contributed by atoms with Crippen LogP contribution in [0.4, 0.5) is 4.39 Å². The number of benzene rings is 3. The van der Waals surface area contributed by atoms with Crippen molar-refractivity contribution in [3.05, 3.63) is 89.9 Å². The highest BCUT2D eigenvalue weighted by atomic mass is 19.1. The Labute approximate surface area is 162 Å². The van der Waals surface area contributed by atoms with Crippen LogP contribution in [0.3, 0.4) is 0 Å². The van der Waals surface area contributed by atoms with Crippen LogP contribution in [-0.4, -0.2) is 14.8 Å². The molecule has 0 bridgehead atoms. The lowest BCUT2D eigenvalue weighted by Gasteiger charge is -2.06. The highest BCUT2D eigenvalue weighted by molar-refractivity contribution is 6.08. The molecule has 28 heavy (non-hydrogen) atoms. The molecule has 2 aromatic heterocycles. The maximum atomic E-state index is 14.4. The van der Waals surface area contributed by atoms with Gasteiger partial charge >= 0.3 is 0 Å². The molecular formula is C24H18FN3. The van der Waals surface area contributed by atoms with E-state index in [4.69, 9.17) is 5.10 Å². The zero-order valence-corrected chi connectivity index (χ0v) is 15.6. The number of rotatable bonds is 2. The van der Waals surface area contributed by atoms with Gasteiger partial charge in [0.25, 0.3) is 0 Å². The van der Waals surface area contributed by atoms with Crippen LogP contribution < -0.4 is 0 Å². The molecule has 3 nitrogen and oxygen atoms in total. The van der Waals surface area contributed by atoms with Gasteiger partial charge < -0.3 is 0 Å². The van der Waals surface area contributed by atoms with Crippen LogP contribution in [0, 0.1) is 19.7 Å². The van der Waals surface area contributed by atoms with Gasteiger partial charge in [-0.1, -0.05) is 59.7 Å². The number of aryl methyl sites for hydroxylation is 2. The first-order valence-electron chi connectivity index (χ1n) is 9.22. The molecular weight excluding hydrogens is 349 g/mol. The van der Waals surface area contributed by atoms with Gasteiger partial charge in [-0.05, 0) is 32.0 Å². The second-order valence-electron chi connectivity index (χ2n) is 7.12. The summed E-state index contributed by atoms with van der Waals surface area (Å²) in [5.74, 6) is -0.326. The molecule has 0 saturated carbocycles. The average Bonchev–Trinajstić information content (AvgIpc) is 3.10. The third-order valence-corrected chi connectivity index (χ3v) is 5.09. The fourth-order valence-corrected chi connectivity index (χ4v) is 3.58. The van der Waals surface area contributed by atoms with Crippen LogP contribution in [0.25, 0.3) is 38.8 Å². The van der Waals surface area contributed by atoms with Crippen molar-refractivity contribution in [1.29, 1.82) is 0 Å². The van der Waals surface area contributed by atoms with Crippen LogP contribution in [0.1, 0.15) is 11.1 Å². The average molecular weight is 367 g/mol. The van der Waals surface area contributed by atoms with E-state index in [1.54, 1.807) is 12.3 Å².